The lowest BCUT2D eigenvalue weighted by Crippen LogP contribution is -2.13. The van der Waals surface area contributed by atoms with Gasteiger partial charge in [-0.25, -0.2) is 0 Å². The summed E-state index contributed by atoms with van der Waals surface area (Å²) < 4.78 is 5.60. The van der Waals surface area contributed by atoms with E-state index in [4.69, 9.17) is 4.74 Å². The van der Waals surface area contributed by atoms with Crippen LogP contribution in [0, 0.1) is 5.92 Å². The Morgan fingerprint density at radius 1 is 1.17 bits per heavy atom. The third kappa shape index (κ3) is 4.02. The molecule has 2 heteroatoms. The second-order valence-electron chi connectivity index (χ2n) is 4.73. The van der Waals surface area contributed by atoms with Gasteiger partial charge in [-0.1, -0.05) is 51.3 Å². The largest absolute Gasteiger partial charge is 0.493 e. The summed E-state index contributed by atoms with van der Waals surface area (Å²) in [4.78, 5) is 0. The maximum atomic E-state index is 10.5. The Morgan fingerprint density at radius 3 is 2.50 bits per heavy atom. The van der Waals surface area contributed by atoms with Crippen LogP contribution in [-0.4, -0.2) is 11.7 Å². The average Bonchev–Trinajstić information content (AvgIpc) is 2.40. The van der Waals surface area contributed by atoms with Gasteiger partial charge in [0.25, 0.3) is 0 Å². The molecular weight excluding hydrogens is 224 g/mol. The predicted octanol–water partition coefficient (Wildman–Crippen LogP) is 4.34. The highest BCUT2D eigenvalue weighted by molar-refractivity contribution is 5.35. The Bertz CT molecular complexity index is 336. The van der Waals surface area contributed by atoms with Crippen LogP contribution in [0.15, 0.2) is 24.3 Å². The van der Waals surface area contributed by atoms with E-state index in [1.165, 1.54) is 12.8 Å². The van der Waals surface area contributed by atoms with Crippen LogP contribution in [0.3, 0.4) is 0 Å². The molecule has 0 saturated heterocycles. The fourth-order valence-corrected chi connectivity index (χ4v) is 2.32. The quantitative estimate of drug-likeness (QED) is 0.744. The van der Waals surface area contributed by atoms with Gasteiger partial charge >= 0.3 is 0 Å². The molecule has 0 aliphatic rings. The second-order valence-corrected chi connectivity index (χ2v) is 4.73. The van der Waals surface area contributed by atoms with Crippen molar-refractivity contribution in [3.8, 4) is 5.75 Å². The van der Waals surface area contributed by atoms with Crippen molar-refractivity contribution in [1.82, 2.24) is 0 Å². The van der Waals surface area contributed by atoms with Crippen molar-refractivity contribution in [2.45, 2.75) is 52.6 Å². The van der Waals surface area contributed by atoms with Crippen molar-refractivity contribution in [1.29, 1.82) is 0 Å². The first kappa shape index (κ1) is 15.0. The molecule has 2 atom stereocenters. The van der Waals surface area contributed by atoms with Crippen molar-refractivity contribution in [2.75, 3.05) is 6.61 Å². The Kier molecular flexibility index (Phi) is 6.81. The number of rotatable bonds is 8. The van der Waals surface area contributed by atoms with E-state index in [1.807, 2.05) is 31.2 Å². The first-order chi connectivity index (χ1) is 8.74. The van der Waals surface area contributed by atoms with Gasteiger partial charge in [0.05, 0.1) is 12.7 Å². The third-order valence-corrected chi connectivity index (χ3v) is 3.44. The van der Waals surface area contributed by atoms with Gasteiger partial charge in [0.2, 0.25) is 0 Å². The smallest absolute Gasteiger partial charge is 0.125 e. The summed E-state index contributed by atoms with van der Waals surface area (Å²) in [5, 5.41) is 10.5. The van der Waals surface area contributed by atoms with Crippen molar-refractivity contribution in [3.63, 3.8) is 0 Å². The van der Waals surface area contributed by atoms with Gasteiger partial charge in [-0.05, 0) is 25.3 Å². The molecule has 0 aliphatic carbocycles. The van der Waals surface area contributed by atoms with Gasteiger partial charge in [0.1, 0.15) is 5.75 Å². The van der Waals surface area contributed by atoms with E-state index >= 15 is 0 Å². The molecule has 1 N–H and O–H groups in total. The van der Waals surface area contributed by atoms with E-state index in [0.717, 1.165) is 24.2 Å². The highest BCUT2D eigenvalue weighted by Gasteiger charge is 2.21. The number of ether oxygens (including phenoxy) is 1. The van der Waals surface area contributed by atoms with Crippen LogP contribution in [0.1, 0.15) is 58.1 Å². The fourth-order valence-electron chi connectivity index (χ4n) is 2.32. The van der Waals surface area contributed by atoms with Gasteiger partial charge < -0.3 is 9.84 Å². The van der Waals surface area contributed by atoms with Gasteiger partial charge in [-0.15, -0.1) is 0 Å². The molecule has 1 aromatic rings. The fraction of sp³-hybridized carbons (Fsp3) is 0.625. The lowest BCUT2D eigenvalue weighted by molar-refractivity contribution is 0.0955. The summed E-state index contributed by atoms with van der Waals surface area (Å²) in [5.41, 5.74) is 0.933. The maximum absolute atomic E-state index is 10.5. The van der Waals surface area contributed by atoms with Crippen LogP contribution < -0.4 is 4.74 Å². The third-order valence-electron chi connectivity index (χ3n) is 3.44. The SMILES string of the molecule is CCCCC(CC)C(O)c1ccccc1OCC. The van der Waals surface area contributed by atoms with E-state index in [-0.39, 0.29) is 0 Å². The minimum Gasteiger partial charge on any atom is -0.493 e. The number of aliphatic hydroxyl groups is 1. The van der Waals surface area contributed by atoms with E-state index in [0.29, 0.717) is 12.5 Å². The van der Waals surface area contributed by atoms with Crippen molar-refractivity contribution in [2.24, 2.45) is 5.92 Å². The predicted molar refractivity (Wildman–Crippen MR) is 75.9 cm³/mol. The Labute approximate surface area is 111 Å². The van der Waals surface area contributed by atoms with Crippen molar-refractivity contribution < 1.29 is 9.84 Å². The highest BCUT2D eigenvalue weighted by Crippen LogP contribution is 2.34. The standard InChI is InChI=1S/C16H26O2/c1-4-7-10-13(5-2)16(17)14-11-8-9-12-15(14)18-6-3/h8-9,11-13,16-17H,4-7,10H2,1-3H3. The second kappa shape index (κ2) is 8.15. The molecule has 0 spiro atoms. The molecule has 0 saturated carbocycles. The van der Waals surface area contributed by atoms with Gasteiger partial charge in [-0.2, -0.15) is 0 Å². The number of benzene rings is 1. The van der Waals surface area contributed by atoms with Gasteiger partial charge in [0, 0.05) is 5.56 Å². The first-order valence-electron chi connectivity index (χ1n) is 7.14. The molecule has 0 bridgehead atoms. The molecule has 2 nitrogen and oxygen atoms in total. The zero-order chi connectivity index (χ0) is 13.4. The zero-order valence-electron chi connectivity index (χ0n) is 11.9. The Hall–Kier alpha value is -1.02. The lowest BCUT2D eigenvalue weighted by atomic mass is 9.89. The van der Waals surface area contributed by atoms with Crippen molar-refractivity contribution in [3.05, 3.63) is 29.8 Å². The average molecular weight is 250 g/mol. The van der Waals surface area contributed by atoms with E-state index in [1.54, 1.807) is 0 Å². The summed E-state index contributed by atoms with van der Waals surface area (Å²) in [6.07, 6.45) is 4.02. The topological polar surface area (TPSA) is 29.5 Å². The number of aliphatic hydroxyl groups excluding tert-OH is 1. The molecule has 2 unspecified atom stereocenters. The molecule has 0 aliphatic heterocycles. The molecule has 1 aromatic carbocycles. The molecule has 0 fully saturated rings. The van der Waals surface area contributed by atoms with Crippen LogP contribution in [0.5, 0.6) is 5.75 Å². The molecule has 102 valence electrons. The molecule has 0 aromatic heterocycles. The summed E-state index contributed by atoms with van der Waals surface area (Å²) in [6.45, 7) is 6.94. The Morgan fingerprint density at radius 2 is 1.89 bits per heavy atom. The number of unbranched alkanes of at least 4 members (excludes halogenated alkanes) is 1. The van der Waals surface area contributed by atoms with E-state index < -0.39 is 6.10 Å². The van der Waals surface area contributed by atoms with Crippen molar-refractivity contribution >= 4 is 0 Å². The number of hydrogen-bond acceptors (Lipinski definition) is 2. The minimum absolute atomic E-state index is 0.326. The molecule has 1 rings (SSSR count). The van der Waals surface area contributed by atoms with Crippen LogP contribution in [0.4, 0.5) is 0 Å². The van der Waals surface area contributed by atoms with Gasteiger partial charge in [0.15, 0.2) is 0 Å². The van der Waals surface area contributed by atoms with E-state index in [9.17, 15) is 5.11 Å². The highest BCUT2D eigenvalue weighted by atomic mass is 16.5. The Balaban J connectivity index is 2.82. The van der Waals surface area contributed by atoms with Crippen LogP contribution in [0.25, 0.3) is 0 Å². The summed E-state index contributed by atoms with van der Waals surface area (Å²) in [5.74, 6) is 1.15. The van der Waals surface area contributed by atoms with Crippen LogP contribution in [0.2, 0.25) is 0 Å². The first-order valence-corrected chi connectivity index (χ1v) is 7.14. The molecule has 0 heterocycles. The number of hydrogen-bond donors (Lipinski definition) is 1. The molecule has 18 heavy (non-hydrogen) atoms. The lowest BCUT2D eigenvalue weighted by Gasteiger charge is -2.23. The molecule has 0 amide bonds. The minimum atomic E-state index is -0.413. The van der Waals surface area contributed by atoms with Crippen LogP contribution >= 0.6 is 0 Å². The number of para-hydroxylation sites is 1. The summed E-state index contributed by atoms with van der Waals surface area (Å²) >= 11 is 0. The summed E-state index contributed by atoms with van der Waals surface area (Å²) in [7, 11) is 0. The van der Waals surface area contributed by atoms with Crippen LogP contribution in [-0.2, 0) is 0 Å². The maximum Gasteiger partial charge on any atom is 0.125 e. The zero-order valence-corrected chi connectivity index (χ0v) is 11.9. The summed E-state index contributed by atoms with van der Waals surface area (Å²) in [6, 6.07) is 7.83. The molecule has 0 radical (unpaired) electrons. The normalized spacial score (nSPS) is 14.2. The monoisotopic (exact) mass is 250 g/mol. The van der Waals surface area contributed by atoms with Gasteiger partial charge in [-0.3, -0.25) is 0 Å². The van der Waals surface area contributed by atoms with E-state index in [2.05, 4.69) is 13.8 Å². The molecular formula is C16H26O2.